The number of hydrogen-bond acceptors (Lipinski definition) is 3. The third-order valence-electron chi connectivity index (χ3n) is 3.35. The second kappa shape index (κ2) is 4.37. The van der Waals surface area contributed by atoms with Gasteiger partial charge in [0.2, 0.25) is 5.88 Å². The molecular formula is C13H17N3O. The second-order valence-corrected chi connectivity index (χ2v) is 4.58. The number of rotatable bonds is 3. The molecule has 0 spiro atoms. The first kappa shape index (κ1) is 10.6. The Morgan fingerprint density at radius 3 is 3.18 bits per heavy atom. The minimum absolute atomic E-state index is 0.616. The molecule has 1 fully saturated rings. The van der Waals surface area contributed by atoms with Crippen LogP contribution in [-0.4, -0.2) is 29.7 Å². The van der Waals surface area contributed by atoms with Crippen molar-refractivity contribution in [2.24, 2.45) is 0 Å². The van der Waals surface area contributed by atoms with E-state index in [1.165, 1.54) is 18.5 Å². The number of aromatic amines is 1. The lowest BCUT2D eigenvalue weighted by Gasteiger charge is -2.07. The van der Waals surface area contributed by atoms with E-state index in [9.17, 15) is 0 Å². The van der Waals surface area contributed by atoms with E-state index >= 15 is 0 Å². The zero-order valence-corrected chi connectivity index (χ0v) is 9.99. The zero-order valence-electron chi connectivity index (χ0n) is 9.99. The van der Waals surface area contributed by atoms with Gasteiger partial charge in [-0.15, -0.1) is 0 Å². The molecule has 0 radical (unpaired) electrons. The van der Waals surface area contributed by atoms with Crippen LogP contribution >= 0.6 is 0 Å². The molecule has 2 aromatic rings. The van der Waals surface area contributed by atoms with Crippen LogP contribution in [0.1, 0.15) is 18.5 Å². The predicted octanol–water partition coefficient (Wildman–Crippen LogP) is 1.87. The van der Waals surface area contributed by atoms with E-state index in [0.717, 1.165) is 24.0 Å². The maximum atomic E-state index is 5.12. The third-order valence-corrected chi connectivity index (χ3v) is 3.35. The molecule has 3 rings (SSSR count). The van der Waals surface area contributed by atoms with Crippen LogP contribution in [0.15, 0.2) is 18.2 Å². The number of hydrogen-bond donors (Lipinski definition) is 2. The maximum absolute atomic E-state index is 5.12. The van der Waals surface area contributed by atoms with Crippen LogP contribution in [0.5, 0.6) is 5.88 Å². The van der Waals surface area contributed by atoms with E-state index in [1.54, 1.807) is 7.11 Å². The molecule has 1 unspecified atom stereocenters. The summed E-state index contributed by atoms with van der Waals surface area (Å²) in [5.41, 5.74) is 2.16. The molecule has 1 aliphatic rings. The predicted molar refractivity (Wildman–Crippen MR) is 67.4 cm³/mol. The average Bonchev–Trinajstić information content (AvgIpc) is 2.96. The van der Waals surface area contributed by atoms with Gasteiger partial charge in [-0.3, -0.25) is 0 Å². The lowest BCUT2D eigenvalue weighted by atomic mass is 10.1. The Balaban J connectivity index is 1.85. The molecule has 1 aliphatic heterocycles. The van der Waals surface area contributed by atoms with Crippen molar-refractivity contribution in [2.75, 3.05) is 13.7 Å². The van der Waals surface area contributed by atoms with E-state index in [0.29, 0.717) is 11.9 Å². The molecule has 1 saturated heterocycles. The van der Waals surface area contributed by atoms with Crippen LogP contribution in [0.2, 0.25) is 0 Å². The molecule has 0 bridgehead atoms. The SMILES string of the molecule is COc1ccc2cc(CC3CCCN3)[nH]c2n1. The van der Waals surface area contributed by atoms with Gasteiger partial charge < -0.3 is 15.0 Å². The fraction of sp³-hybridized carbons (Fsp3) is 0.462. The Hall–Kier alpha value is -1.55. The van der Waals surface area contributed by atoms with Crippen LogP contribution in [0.4, 0.5) is 0 Å². The largest absolute Gasteiger partial charge is 0.481 e. The summed E-state index contributed by atoms with van der Waals surface area (Å²) in [6.07, 6.45) is 3.61. The Morgan fingerprint density at radius 2 is 2.41 bits per heavy atom. The number of H-pyrrole nitrogens is 1. The number of nitrogens with one attached hydrogen (secondary N) is 2. The standard InChI is InChI=1S/C13H17N3O/c1-17-12-5-4-9-7-11(15-13(9)16-12)8-10-3-2-6-14-10/h4-5,7,10,14H,2-3,6,8H2,1H3,(H,15,16). The summed E-state index contributed by atoms with van der Waals surface area (Å²) in [4.78, 5) is 7.76. The fourth-order valence-electron chi connectivity index (χ4n) is 2.46. The van der Waals surface area contributed by atoms with Crippen molar-refractivity contribution in [2.45, 2.75) is 25.3 Å². The zero-order chi connectivity index (χ0) is 11.7. The highest BCUT2D eigenvalue weighted by Gasteiger charge is 2.15. The van der Waals surface area contributed by atoms with Gasteiger partial charge in [-0.1, -0.05) is 0 Å². The second-order valence-electron chi connectivity index (χ2n) is 4.58. The van der Waals surface area contributed by atoms with Crippen molar-refractivity contribution in [3.63, 3.8) is 0 Å². The van der Waals surface area contributed by atoms with Gasteiger partial charge in [0.05, 0.1) is 7.11 Å². The van der Waals surface area contributed by atoms with Crippen LogP contribution < -0.4 is 10.1 Å². The van der Waals surface area contributed by atoms with Gasteiger partial charge in [-0.25, -0.2) is 0 Å². The number of fused-ring (bicyclic) bond motifs is 1. The molecule has 0 amide bonds. The monoisotopic (exact) mass is 231 g/mol. The minimum atomic E-state index is 0.616. The number of methoxy groups -OCH3 is 1. The van der Waals surface area contributed by atoms with Gasteiger partial charge in [-0.2, -0.15) is 4.98 Å². The highest BCUT2D eigenvalue weighted by atomic mass is 16.5. The number of nitrogens with zero attached hydrogens (tertiary/aromatic N) is 1. The summed E-state index contributed by atoms with van der Waals surface area (Å²) < 4.78 is 5.12. The van der Waals surface area contributed by atoms with Crippen molar-refractivity contribution in [3.05, 3.63) is 23.9 Å². The fourth-order valence-corrected chi connectivity index (χ4v) is 2.46. The highest BCUT2D eigenvalue weighted by molar-refractivity contribution is 5.77. The van der Waals surface area contributed by atoms with Crippen LogP contribution in [0.25, 0.3) is 11.0 Å². The molecule has 0 aliphatic carbocycles. The van der Waals surface area contributed by atoms with Gasteiger partial charge in [0.25, 0.3) is 0 Å². The number of pyridine rings is 1. The molecule has 0 saturated carbocycles. The van der Waals surface area contributed by atoms with E-state index in [-0.39, 0.29) is 0 Å². The van der Waals surface area contributed by atoms with Gasteiger partial charge in [0.1, 0.15) is 5.65 Å². The molecule has 2 aromatic heterocycles. The molecule has 3 heterocycles. The summed E-state index contributed by atoms with van der Waals surface area (Å²) in [5.74, 6) is 0.657. The molecule has 4 heteroatoms. The first-order chi connectivity index (χ1) is 8.35. The average molecular weight is 231 g/mol. The third kappa shape index (κ3) is 2.13. The first-order valence-corrected chi connectivity index (χ1v) is 6.11. The molecule has 17 heavy (non-hydrogen) atoms. The van der Waals surface area contributed by atoms with Crippen molar-refractivity contribution < 1.29 is 4.74 Å². The summed E-state index contributed by atoms with van der Waals surface area (Å²) in [6, 6.07) is 6.74. The lowest BCUT2D eigenvalue weighted by Crippen LogP contribution is -2.23. The van der Waals surface area contributed by atoms with Gasteiger partial charge in [0, 0.05) is 29.6 Å². The molecule has 4 nitrogen and oxygen atoms in total. The quantitative estimate of drug-likeness (QED) is 0.847. The van der Waals surface area contributed by atoms with Crippen molar-refractivity contribution in [1.82, 2.24) is 15.3 Å². The van der Waals surface area contributed by atoms with Gasteiger partial charge in [-0.05, 0) is 31.5 Å². The topological polar surface area (TPSA) is 49.9 Å². The Morgan fingerprint density at radius 1 is 1.47 bits per heavy atom. The maximum Gasteiger partial charge on any atom is 0.214 e. The Bertz CT molecular complexity index is 514. The highest BCUT2D eigenvalue weighted by Crippen LogP contribution is 2.19. The molecule has 2 N–H and O–H groups in total. The van der Waals surface area contributed by atoms with Crippen molar-refractivity contribution in [3.8, 4) is 5.88 Å². The summed E-state index contributed by atoms with van der Waals surface area (Å²) in [5, 5.41) is 4.66. The van der Waals surface area contributed by atoms with Crippen LogP contribution in [-0.2, 0) is 6.42 Å². The minimum Gasteiger partial charge on any atom is -0.481 e. The van der Waals surface area contributed by atoms with E-state index in [2.05, 4.69) is 21.4 Å². The van der Waals surface area contributed by atoms with Crippen molar-refractivity contribution in [1.29, 1.82) is 0 Å². The molecular weight excluding hydrogens is 214 g/mol. The summed E-state index contributed by atoms with van der Waals surface area (Å²) >= 11 is 0. The summed E-state index contributed by atoms with van der Waals surface area (Å²) in [7, 11) is 1.64. The first-order valence-electron chi connectivity index (χ1n) is 6.11. The smallest absolute Gasteiger partial charge is 0.214 e. The van der Waals surface area contributed by atoms with Gasteiger partial charge in [0.15, 0.2) is 0 Å². The van der Waals surface area contributed by atoms with E-state index in [4.69, 9.17) is 4.74 Å². The van der Waals surface area contributed by atoms with E-state index < -0.39 is 0 Å². The number of ether oxygens (including phenoxy) is 1. The van der Waals surface area contributed by atoms with Gasteiger partial charge >= 0.3 is 0 Å². The lowest BCUT2D eigenvalue weighted by molar-refractivity contribution is 0.399. The molecule has 90 valence electrons. The Labute approximate surface area is 100 Å². The normalized spacial score (nSPS) is 19.9. The van der Waals surface area contributed by atoms with Crippen LogP contribution in [0, 0.1) is 0 Å². The van der Waals surface area contributed by atoms with Crippen LogP contribution in [0.3, 0.4) is 0 Å². The number of aromatic nitrogens is 2. The summed E-state index contributed by atoms with van der Waals surface area (Å²) in [6.45, 7) is 1.15. The Kier molecular flexibility index (Phi) is 2.73. The van der Waals surface area contributed by atoms with E-state index in [1.807, 2.05) is 12.1 Å². The van der Waals surface area contributed by atoms with Crippen molar-refractivity contribution >= 4 is 11.0 Å². The molecule has 0 aromatic carbocycles. The molecule has 1 atom stereocenters.